The van der Waals surface area contributed by atoms with Gasteiger partial charge in [-0.2, -0.15) is 0 Å². The topological polar surface area (TPSA) is 58.0 Å². The van der Waals surface area contributed by atoms with E-state index < -0.39 is 0 Å². The molecule has 1 aromatic carbocycles. The van der Waals surface area contributed by atoms with Gasteiger partial charge >= 0.3 is 0 Å². The highest BCUT2D eigenvalue weighted by atomic mass is 32.1. The molecule has 1 saturated heterocycles. The van der Waals surface area contributed by atoms with E-state index in [0.29, 0.717) is 6.54 Å². The van der Waals surface area contributed by atoms with Crippen molar-refractivity contribution in [2.75, 3.05) is 44.7 Å². The molecule has 1 aliphatic heterocycles. The second-order valence-corrected chi connectivity index (χ2v) is 10.2. The number of ether oxygens (including phenoxy) is 1. The quantitative estimate of drug-likeness (QED) is 0.501. The van der Waals surface area contributed by atoms with Crippen LogP contribution in [0.1, 0.15) is 42.4 Å². The monoisotopic (exact) mass is 479 g/mol. The average molecular weight is 480 g/mol. The van der Waals surface area contributed by atoms with E-state index in [0.717, 1.165) is 63.4 Å². The van der Waals surface area contributed by atoms with E-state index in [4.69, 9.17) is 9.15 Å². The van der Waals surface area contributed by atoms with E-state index >= 15 is 0 Å². The molecule has 0 spiro atoms. The zero-order chi connectivity index (χ0) is 23.4. The largest absolute Gasteiger partial charge is 0.497 e. The molecule has 180 valence electrons. The molecule has 0 bridgehead atoms. The number of thiophene rings is 1. The highest BCUT2D eigenvalue weighted by molar-refractivity contribution is 7.10. The zero-order valence-corrected chi connectivity index (χ0v) is 20.6. The first-order valence-electron chi connectivity index (χ1n) is 12.2. The van der Waals surface area contributed by atoms with Gasteiger partial charge < -0.3 is 19.4 Å². The van der Waals surface area contributed by atoms with Gasteiger partial charge in [-0.05, 0) is 60.7 Å². The van der Waals surface area contributed by atoms with Gasteiger partial charge in [-0.1, -0.05) is 18.9 Å². The first-order chi connectivity index (χ1) is 16.7. The lowest BCUT2D eigenvalue weighted by atomic mass is 9.83. The van der Waals surface area contributed by atoms with Crippen LogP contribution in [0.25, 0.3) is 0 Å². The number of hydrogen-bond donors (Lipinski definition) is 1. The van der Waals surface area contributed by atoms with Crippen LogP contribution in [-0.4, -0.2) is 50.6 Å². The van der Waals surface area contributed by atoms with Gasteiger partial charge in [0.15, 0.2) is 0 Å². The molecule has 6 nitrogen and oxygen atoms in total. The minimum Gasteiger partial charge on any atom is -0.497 e. The molecular formula is C27H33N3O3S. The summed E-state index contributed by atoms with van der Waals surface area (Å²) in [5, 5.41) is 5.41. The van der Waals surface area contributed by atoms with Crippen molar-refractivity contribution in [2.24, 2.45) is 0 Å². The number of carbonyl (C=O) groups is 1. The maximum atomic E-state index is 13.5. The predicted molar refractivity (Wildman–Crippen MR) is 136 cm³/mol. The van der Waals surface area contributed by atoms with Crippen LogP contribution in [0.3, 0.4) is 0 Å². The van der Waals surface area contributed by atoms with Gasteiger partial charge in [-0.25, -0.2) is 0 Å². The molecule has 2 aromatic heterocycles. The minimum absolute atomic E-state index is 0.0266. The second-order valence-electron chi connectivity index (χ2n) is 9.23. The number of hydrogen-bond acceptors (Lipinski definition) is 6. The molecule has 0 unspecified atom stereocenters. The molecule has 1 atom stereocenters. The van der Waals surface area contributed by atoms with Gasteiger partial charge in [0.2, 0.25) is 5.91 Å². The summed E-state index contributed by atoms with van der Waals surface area (Å²) in [7, 11) is 1.69. The van der Waals surface area contributed by atoms with Gasteiger partial charge in [0.1, 0.15) is 11.5 Å². The fraction of sp³-hybridized carbons (Fsp3) is 0.444. The van der Waals surface area contributed by atoms with Crippen LogP contribution in [0.5, 0.6) is 5.75 Å². The first kappa shape index (κ1) is 23.0. The van der Waals surface area contributed by atoms with Crippen LogP contribution in [0.15, 0.2) is 64.6 Å². The Hall–Kier alpha value is -2.77. The van der Waals surface area contributed by atoms with E-state index in [1.54, 1.807) is 24.7 Å². The van der Waals surface area contributed by atoms with Crippen molar-refractivity contribution in [2.45, 2.75) is 37.1 Å². The number of benzene rings is 1. The summed E-state index contributed by atoms with van der Waals surface area (Å²) in [4.78, 5) is 19.6. The molecule has 2 aliphatic rings. The van der Waals surface area contributed by atoms with Crippen molar-refractivity contribution in [3.8, 4) is 5.75 Å². The molecule has 3 aromatic rings. The summed E-state index contributed by atoms with van der Waals surface area (Å²) in [6, 6.07) is 16.4. The molecule has 1 aliphatic carbocycles. The van der Waals surface area contributed by atoms with Gasteiger partial charge in [0.05, 0.1) is 24.8 Å². The third-order valence-corrected chi connectivity index (χ3v) is 8.48. The fourth-order valence-corrected chi connectivity index (χ4v) is 6.43. The predicted octanol–water partition coefficient (Wildman–Crippen LogP) is 4.84. The van der Waals surface area contributed by atoms with E-state index in [1.807, 2.05) is 24.3 Å². The second kappa shape index (κ2) is 10.2. The normalized spacial score (nSPS) is 19.1. The van der Waals surface area contributed by atoms with Crippen LogP contribution in [0.4, 0.5) is 5.69 Å². The third-order valence-electron chi connectivity index (χ3n) is 7.40. The summed E-state index contributed by atoms with van der Waals surface area (Å²) in [5.41, 5.74) is 0.844. The number of nitrogens with zero attached hydrogens (tertiary/aromatic N) is 2. The zero-order valence-electron chi connectivity index (χ0n) is 19.7. The number of amides is 1. The highest BCUT2D eigenvalue weighted by Gasteiger charge is 2.43. The van der Waals surface area contributed by atoms with Gasteiger partial charge in [0.25, 0.3) is 0 Å². The number of anilines is 1. The van der Waals surface area contributed by atoms with Crippen molar-refractivity contribution in [3.05, 3.63) is 70.8 Å². The number of furan rings is 1. The summed E-state index contributed by atoms with van der Waals surface area (Å²) >= 11 is 1.70. The van der Waals surface area contributed by atoms with Crippen molar-refractivity contribution >= 4 is 22.9 Å². The maximum Gasteiger partial charge on any atom is 0.231 e. The van der Waals surface area contributed by atoms with Crippen molar-refractivity contribution < 1.29 is 13.9 Å². The Kier molecular flexibility index (Phi) is 6.92. The van der Waals surface area contributed by atoms with E-state index in [2.05, 4.69) is 44.8 Å². The van der Waals surface area contributed by atoms with Crippen molar-refractivity contribution in [3.63, 3.8) is 0 Å². The molecule has 0 radical (unpaired) electrons. The average Bonchev–Trinajstić information content (AvgIpc) is 3.67. The molecule has 2 fully saturated rings. The maximum absolute atomic E-state index is 13.5. The highest BCUT2D eigenvalue weighted by Crippen LogP contribution is 2.43. The smallest absolute Gasteiger partial charge is 0.231 e. The summed E-state index contributed by atoms with van der Waals surface area (Å²) in [6.07, 6.45) is 5.82. The Bertz CT molecular complexity index is 1040. The molecule has 1 N–H and O–H groups in total. The minimum atomic E-state index is -0.366. The lowest BCUT2D eigenvalue weighted by Gasteiger charge is -2.40. The number of nitrogens with one attached hydrogen (secondary N) is 1. The number of methoxy groups -OCH3 is 1. The van der Waals surface area contributed by atoms with Crippen LogP contribution in [0.2, 0.25) is 0 Å². The van der Waals surface area contributed by atoms with Crippen LogP contribution in [-0.2, 0) is 10.2 Å². The molecular weight excluding hydrogens is 446 g/mol. The molecule has 34 heavy (non-hydrogen) atoms. The van der Waals surface area contributed by atoms with Crippen LogP contribution >= 0.6 is 11.3 Å². The molecule has 1 saturated carbocycles. The number of piperazine rings is 1. The molecule has 5 rings (SSSR count). The summed E-state index contributed by atoms with van der Waals surface area (Å²) in [6.45, 7) is 4.22. The molecule has 3 heterocycles. The Morgan fingerprint density at radius 1 is 1.09 bits per heavy atom. The third kappa shape index (κ3) is 4.59. The summed E-state index contributed by atoms with van der Waals surface area (Å²) < 4.78 is 11.1. The molecule has 1 amide bonds. The fourth-order valence-electron chi connectivity index (χ4n) is 5.45. The first-order valence-corrected chi connectivity index (χ1v) is 13.1. The van der Waals surface area contributed by atoms with Crippen LogP contribution in [0, 0.1) is 0 Å². The number of rotatable bonds is 8. The number of carbonyl (C=O) groups excluding carboxylic acids is 1. The van der Waals surface area contributed by atoms with Crippen LogP contribution < -0.4 is 15.0 Å². The van der Waals surface area contributed by atoms with E-state index in [9.17, 15) is 4.79 Å². The van der Waals surface area contributed by atoms with Crippen molar-refractivity contribution in [1.29, 1.82) is 0 Å². The Morgan fingerprint density at radius 2 is 1.85 bits per heavy atom. The van der Waals surface area contributed by atoms with Gasteiger partial charge in [-0.15, -0.1) is 11.3 Å². The lowest BCUT2D eigenvalue weighted by Crippen LogP contribution is -2.51. The standard InChI is InChI=1S/C27H33N3O3S/c1-32-22-10-8-21(9-11-22)29-14-16-30(17-15-29)23(24-6-4-18-33-24)20-28-26(31)27(12-2-3-13-27)25-7-5-19-34-25/h4-11,18-19,23H,2-3,12-17,20H2,1H3,(H,28,31)/t23-/m0/s1. The Morgan fingerprint density at radius 3 is 2.47 bits per heavy atom. The van der Waals surface area contributed by atoms with E-state index in [1.165, 1.54) is 10.6 Å². The van der Waals surface area contributed by atoms with Gasteiger partial charge in [-0.3, -0.25) is 9.69 Å². The van der Waals surface area contributed by atoms with E-state index in [-0.39, 0.29) is 17.4 Å². The molecule has 7 heteroatoms. The Labute approximate surface area is 205 Å². The van der Waals surface area contributed by atoms with Gasteiger partial charge in [0, 0.05) is 43.3 Å². The summed E-state index contributed by atoms with van der Waals surface area (Å²) in [5.74, 6) is 1.95. The SMILES string of the molecule is COc1ccc(N2CCN([C@@H](CNC(=O)C3(c4cccs4)CCCC3)c3ccco3)CC2)cc1. The van der Waals surface area contributed by atoms with Crippen molar-refractivity contribution in [1.82, 2.24) is 10.2 Å². The Balaban J connectivity index is 1.25. The lowest BCUT2D eigenvalue weighted by molar-refractivity contribution is -0.126.